The van der Waals surface area contributed by atoms with Gasteiger partial charge in [-0.1, -0.05) is 38.9 Å². The average molecular weight is 123 g/mol. The third-order valence-corrected chi connectivity index (χ3v) is 3.00. The van der Waals surface area contributed by atoms with Crippen molar-refractivity contribution >= 4 is 8.07 Å². The Balaban J connectivity index is 5.54. The Morgan fingerprint density at radius 3 is 2.00 bits per heavy atom. The Kier molecular flexibility index (Phi) is 0.572. The Labute approximate surface area is 57.8 Å². The molecule has 0 aromatic heterocycles. The Hall–Kier alpha value is 0.217. The Bertz CT molecular complexity index is 172. The van der Waals surface area contributed by atoms with Crippen molar-refractivity contribution in [1.82, 2.24) is 0 Å². The molecule has 0 aliphatic heterocycles. The molecular formula is C6H16Si. The molecule has 0 N–H and O–H groups in total. The second kappa shape index (κ2) is 2.51. The molecule has 7 heavy (non-hydrogen) atoms. The highest BCUT2D eigenvalue weighted by Gasteiger charge is 2.12. The van der Waals surface area contributed by atoms with Crippen LogP contribution in [0.4, 0.5) is 0 Å². The van der Waals surface area contributed by atoms with Crippen molar-refractivity contribution in [1.29, 1.82) is 0 Å². The molecule has 0 amide bonds. The van der Waals surface area contributed by atoms with Gasteiger partial charge in [-0.3, -0.25) is 0 Å². The van der Waals surface area contributed by atoms with Gasteiger partial charge < -0.3 is 0 Å². The molecule has 0 spiro atoms. The van der Waals surface area contributed by atoms with Gasteiger partial charge in [-0.15, -0.1) is 0 Å². The molecule has 1 heteroatoms. The molecule has 0 aliphatic carbocycles. The first kappa shape index (κ1) is 1.60. The lowest BCUT2D eigenvalue weighted by molar-refractivity contribution is 1.25. The zero-order valence-corrected chi connectivity index (χ0v) is 6.00. The van der Waals surface area contributed by atoms with Crippen LogP contribution in [-0.4, -0.2) is 8.07 Å². The monoisotopic (exact) mass is 123 g/mol. The Morgan fingerprint density at radius 1 is 1.57 bits per heavy atom. The van der Waals surface area contributed by atoms with Crippen molar-refractivity contribution in [2.45, 2.75) is 38.9 Å². The maximum absolute atomic E-state index is 7.53. The molecule has 0 aromatic rings. The molecule has 0 nitrogen and oxygen atoms in total. The fraction of sp³-hybridized carbons (Fsp3) is 1.00. The second-order valence-corrected chi connectivity index (χ2v) is 4.88. The fourth-order valence-electron chi connectivity index (χ4n) is 0.125. The third-order valence-electron chi connectivity index (χ3n) is 1.00. The molecule has 0 unspecified atom stereocenters. The van der Waals surface area contributed by atoms with E-state index in [2.05, 4.69) is 0 Å². The lowest BCUT2D eigenvalue weighted by atomic mass is 10.9. The van der Waals surface area contributed by atoms with Gasteiger partial charge in [0, 0.05) is 17.7 Å². The standard InChI is InChI=1S/C6H16Si/c1-5-7(3,4)6-2/h5-6H2,1-4H3/i3D3,5D2,6D2. The van der Waals surface area contributed by atoms with Gasteiger partial charge in [-0.05, 0) is 0 Å². The minimum absolute atomic E-state index is 1.16. The van der Waals surface area contributed by atoms with Crippen LogP contribution < -0.4 is 0 Å². The summed E-state index contributed by atoms with van der Waals surface area (Å²) in [6.07, 6.45) is 0. The lowest BCUT2D eigenvalue weighted by Gasteiger charge is -2.15. The van der Waals surface area contributed by atoms with Crippen molar-refractivity contribution in [3.63, 3.8) is 0 Å². The van der Waals surface area contributed by atoms with E-state index in [0.29, 0.717) is 0 Å². The van der Waals surface area contributed by atoms with Crippen molar-refractivity contribution in [3.05, 3.63) is 0 Å². The van der Waals surface area contributed by atoms with E-state index in [1.165, 1.54) is 6.55 Å². The molecular weight excluding hydrogens is 100 g/mol. The maximum Gasteiger partial charge on any atom is 0.0468 e. The fourth-order valence-corrected chi connectivity index (χ4v) is 0.375. The zero-order chi connectivity index (χ0) is 12.0. The molecule has 0 radical (unpaired) electrons. The summed E-state index contributed by atoms with van der Waals surface area (Å²) < 4.78 is 52.0. The smallest absolute Gasteiger partial charge is 0.0468 e. The molecule has 0 heterocycles. The SMILES string of the molecule is [2H]C([2H])([2H])[Si](C)(C([2H])([2H])C)C([2H])([2H])C. The van der Waals surface area contributed by atoms with Crippen LogP contribution in [0.15, 0.2) is 0 Å². The molecule has 0 saturated carbocycles. The highest BCUT2D eigenvalue weighted by atomic mass is 28.3. The van der Waals surface area contributed by atoms with Gasteiger partial charge in [0.1, 0.15) is 0 Å². The summed E-state index contributed by atoms with van der Waals surface area (Å²) in [5.41, 5.74) is 0. The number of rotatable bonds is 2. The molecule has 0 rings (SSSR count). The van der Waals surface area contributed by atoms with Crippen molar-refractivity contribution in [2.75, 3.05) is 0 Å². The molecule has 0 saturated heterocycles. The largest absolute Gasteiger partial charge is 0.0694 e. The predicted molar refractivity (Wildman–Crippen MR) is 38.4 cm³/mol. The quantitative estimate of drug-likeness (QED) is 0.495. The summed E-state index contributed by atoms with van der Waals surface area (Å²) in [7, 11) is -3.69. The van der Waals surface area contributed by atoms with Crippen LogP contribution in [0.5, 0.6) is 0 Å². The van der Waals surface area contributed by atoms with Crippen molar-refractivity contribution < 1.29 is 9.60 Å². The minimum Gasteiger partial charge on any atom is -0.0694 e. The molecule has 0 bridgehead atoms. The van der Waals surface area contributed by atoms with Gasteiger partial charge in [-0.2, -0.15) is 0 Å². The second-order valence-electron chi connectivity index (χ2n) is 1.62. The first-order valence-corrected chi connectivity index (χ1v) is 4.75. The van der Waals surface area contributed by atoms with Gasteiger partial charge in [0.15, 0.2) is 0 Å². The molecule has 0 aliphatic rings. The van der Waals surface area contributed by atoms with Crippen molar-refractivity contribution in [2.24, 2.45) is 0 Å². The van der Waals surface area contributed by atoms with E-state index in [9.17, 15) is 0 Å². The van der Waals surface area contributed by atoms with Gasteiger partial charge in [-0.25, -0.2) is 0 Å². The number of hydrogen-bond acceptors (Lipinski definition) is 0. The van der Waals surface area contributed by atoms with Crippen LogP contribution >= 0.6 is 0 Å². The highest BCUT2D eigenvalue weighted by Crippen LogP contribution is 2.12. The van der Waals surface area contributed by atoms with Crippen LogP contribution in [0.25, 0.3) is 0 Å². The van der Waals surface area contributed by atoms with Crippen LogP contribution in [0.2, 0.25) is 25.0 Å². The van der Waals surface area contributed by atoms with E-state index in [4.69, 9.17) is 9.60 Å². The molecule has 0 aromatic carbocycles. The summed E-state index contributed by atoms with van der Waals surface area (Å²) in [5, 5.41) is 0. The van der Waals surface area contributed by atoms with Gasteiger partial charge in [0.2, 0.25) is 0 Å². The van der Waals surface area contributed by atoms with E-state index >= 15 is 0 Å². The van der Waals surface area contributed by atoms with E-state index in [-0.39, 0.29) is 0 Å². The predicted octanol–water partition coefficient (Wildman–Crippen LogP) is 2.73. The van der Waals surface area contributed by atoms with E-state index in [0.717, 1.165) is 13.8 Å². The normalized spacial score (nSPS) is 32.7. The first-order valence-electron chi connectivity index (χ1n) is 5.75. The summed E-state index contributed by atoms with van der Waals surface area (Å²) in [4.78, 5) is 0. The topological polar surface area (TPSA) is 0 Å². The molecule has 0 atom stereocenters. The summed E-state index contributed by atoms with van der Waals surface area (Å²) in [5.74, 6) is -3.95. The average Bonchev–Trinajstić information content (AvgIpc) is 1.77. The molecule has 44 valence electrons. The van der Waals surface area contributed by atoms with Crippen LogP contribution in [0.3, 0.4) is 0 Å². The number of hydrogen-bond donors (Lipinski definition) is 0. The van der Waals surface area contributed by atoms with Gasteiger partial charge in [0.05, 0.1) is 0 Å². The minimum atomic E-state index is -3.69. The lowest BCUT2D eigenvalue weighted by Crippen LogP contribution is -2.21. The van der Waals surface area contributed by atoms with Gasteiger partial charge >= 0.3 is 0 Å². The zero-order valence-electron chi connectivity index (χ0n) is 12.0. The van der Waals surface area contributed by atoms with Gasteiger partial charge in [0.25, 0.3) is 0 Å². The van der Waals surface area contributed by atoms with E-state index < -0.39 is 26.5 Å². The van der Waals surface area contributed by atoms with Crippen molar-refractivity contribution in [3.8, 4) is 0 Å². The summed E-state index contributed by atoms with van der Waals surface area (Å²) in [6, 6.07) is 0. The van der Waals surface area contributed by atoms with Crippen LogP contribution in [0, 0.1) is 0 Å². The van der Waals surface area contributed by atoms with Crippen LogP contribution in [-0.2, 0) is 0 Å². The van der Waals surface area contributed by atoms with E-state index in [1.54, 1.807) is 0 Å². The van der Waals surface area contributed by atoms with Crippen LogP contribution in [0.1, 0.15) is 23.4 Å². The third kappa shape index (κ3) is 2.86. The maximum atomic E-state index is 7.53. The molecule has 0 fully saturated rings. The highest BCUT2D eigenvalue weighted by molar-refractivity contribution is 6.77. The summed E-state index contributed by atoms with van der Waals surface area (Å²) >= 11 is 0. The summed E-state index contributed by atoms with van der Waals surface area (Å²) in [6.45, 7) is 1.04. The first-order chi connectivity index (χ1) is 5.75. The Morgan fingerprint density at radius 2 is 2.00 bits per heavy atom. The van der Waals surface area contributed by atoms with E-state index in [1.807, 2.05) is 0 Å².